The molecule has 4 aromatic rings. The van der Waals surface area contributed by atoms with Gasteiger partial charge in [0.15, 0.2) is 0 Å². The van der Waals surface area contributed by atoms with Crippen LogP contribution in [0.3, 0.4) is 0 Å². The summed E-state index contributed by atoms with van der Waals surface area (Å²) in [6.45, 7) is 0. The second-order valence-electron chi connectivity index (χ2n) is 6.64. The molecule has 0 unspecified atom stereocenters. The summed E-state index contributed by atoms with van der Waals surface area (Å²) in [7, 11) is -2.21. The third kappa shape index (κ3) is 4.69. The van der Waals surface area contributed by atoms with E-state index in [0.717, 1.165) is 18.0 Å². The molecule has 7 nitrogen and oxygen atoms in total. The summed E-state index contributed by atoms with van der Waals surface area (Å²) in [6, 6.07) is 13.3. The molecule has 0 amide bonds. The van der Waals surface area contributed by atoms with Crippen LogP contribution < -0.4 is 9.46 Å². The molecular weight excluding hydrogens is 478 g/mol. The Bertz CT molecular complexity index is 1390. The second kappa shape index (κ2) is 8.78. The largest absolute Gasteiger partial charge is 0.455 e. The molecule has 0 spiro atoms. The minimum atomic E-state index is -4.00. The van der Waals surface area contributed by atoms with Gasteiger partial charge >= 0.3 is 0 Å². The van der Waals surface area contributed by atoms with E-state index in [1.165, 1.54) is 24.3 Å². The van der Waals surface area contributed by atoms with Crippen molar-refractivity contribution in [1.29, 1.82) is 0 Å². The zero-order valence-electron chi connectivity index (χ0n) is 16.5. The van der Waals surface area contributed by atoms with Gasteiger partial charge in [-0.3, -0.25) is 9.40 Å². The van der Waals surface area contributed by atoms with E-state index in [-0.39, 0.29) is 21.5 Å². The van der Waals surface area contributed by atoms with Gasteiger partial charge in [-0.05, 0) is 54.6 Å². The lowest BCUT2D eigenvalue weighted by atomic mass is 10.1. The smallest absolute Gasteiger partial charge is 0.263 e. The molecule has 0 aliphatic carbocycles. The van der Waals surface area contributed by atoms with Crippen molar-refractivity contribution in [3.05, 3.63) is 82.9 Å². The molecule has 0 atom stereocenters. The average Bonchev–Trinajstić information content (AvgIpc) is 3.18. The van der Waals surface area contributed by atoms with Crippen LogP contribution >= 0.6 is 23.2 Å². The van der Waals surface area contributed by atoms with Gasteiger partial charge in [0, 0.05) is 23.8 Å². The molecule has 2 aromatic carbocycles. The van der Waals surface area contributed by atoms with Crippen LogP contribution in [0.5, 0.6) is 11.5 Å². The number of pyridine rings is 1. The molecule has 4 rings (SSSR count). The molecule has 0 fully saturated rings. The standard InChI is InChI=1S/C21H15Cl2FN4O3S/c1-28-18(8-9-26-28)16-10-13(22)2-5-19(16)31-20-6-4-15(11-17(20)23)32(29,30)27-21-7-3-14(24)12-25-21/h2-12H,1H3,(H,25,27). The third-order valence-electron chi connectivity index (χ3n) is 4.44. The van der Waals surface area contributed by atoms with E-state index < -0.39 is 15.8 Å². The van der Waals surface area contributed by atoms with Crippen molar-refractivity contribution in [2.75, 3.05) is 4.72 Å². The maximum absolute atomic E-state index is 13.0. The fraction of sp³-hybridized carbons (Fsp3) is 0.0476. The van der Waals surface area contributed by atoms with Gasteiger partial charge in [-0.25, -0.2) is 17.8 Å². The molecule has 0 saturated carbocycles. The maximum atomic E-state index is 13.0. The first-order valence-corrected chi connectivity index (χ1v) is 11.4. The van der Waals surface area contributed by atoms with Crippen LogP contribution in [0, 0.1) is 5.82 Å². The van der Waals surface area contributed by atoms with Gasteiger partial charge in [-0.15, -0.1) is 0 Å². The van der Waals surface area contributed by atoms with Gasteiger partial charge in [0.1, 0.15) is 23.1 Å². The topological polar surface area (TPSA) is 86.1 Å². The van der Waals surface area contributed by atoms with Crippen molar-refractivity contribution >= 4 is 39.0 Å². The normalized spacial score (nSPS) is 11.4. The monoisotopic (exact) mass is 492 g/mol. The van der Waals surface area contributed by atoms with E-state index in [4.69, 9.17) is 27.9 Å². The Morgan fingerprint density at radius 3 is 2.47 bits per heavy atom. The number of hydrogen-bond acceptors (Lipinski definition) is 5. The molecule has 164 valence electrons. The number of nitrogens with one attached hydrogen (secondary N) is 1. The van der Waals surface area contributed by atoms with Crippen LogP contribution in [-0.4, -0.2) is 23.2 Å². The Morgan fingerprint density at radius 2 is 1.81 bits per heavy atom. The summed E-state index contributed by atoms with van der Waals surface area (Å²) >= 11 is 12.5. The van der Waals surface area contributed by atoms with E-state index >= 15 is 0 Å². The van der Waals surface area contributed by atoms with E-state index in [0.29, 0.717) is 16.3 Å². The lowest BCUT2D eigenvalue weighted by Gasteiger charge is -2.14. The van der Waals surface area contributed by atoms with Crippen molar-refractivity contribution in [3.63, 3.8) is 0 Å². The Kier molecular flexibility index (Phi) is 6.05. The molecule has 0 radical (unpaired) electrons. The van der Waals surface area contributed by atoms with Crippen molar-refractivity contribution in [3.8, 4) is 22.8 Å². The Hall–Kier alpha value is -3.14. The highest BCUT2D eigenvalue weighted by Gasteiger charge is 2.19. The predicted molar refractivity (Wildman–Crippen MR) is 120 cm³/mol. The molecule has 0 saturated heterocycles. The minimum Gasteiger partial charge on any atom is -0.455 e. The Balaban J connectivity index is 1.62. The first-order valence-electron chi connectivity index (χ1n) is 9.13. The van der Waals surface area contributed by atoms with Crippen molar-refractivity contribution in [2.24, 2.45) is 7.05 Å². The Morgan fingerprint density at radius 1 is 1.03 bits per heavy atom. The number of benzene rings is 2. The van der Waals surface area contributed by atoms with Crippen LogP contribution in [-0.2, 0) is 17.1 Å². The van der Waals surface area contributed by atoms with Crippen molar-refractivity contribution in [1.82, 2.24) is 14.8 Å². The van der Waals surface area contributed by atoms with Crippen molar-refractivity contribution < 1.29 is 17.5 Å². The fourth-order valence-corrected chi connectivity index (χ4v) is 4.40. The van der Waals surface area contributed by atoms with Crippen LogP contribution in [0.15, 0.2) is 71.9 Å². The molecule has 11 heteroatoms. The number of anilines is 1. The molecular formula is C21H15Cl2FN4O3S. The van der Waals surface area contributed by atoms with Crippen LogP contribution in [0.1, 0.15) is 0 Å². The number of aryl methyl sites for hydroxylation is 1. The van der Waals surface area contributed by atoms with E-state index in [9.17, 15) is 12.8 Å². The van der Waals surface area contributed by atoms with Gasteiger partial charge in [0.05, 0.1) is 21.8 Å². The highest BCUT2D eigenvalue weighted by atomic mass is 35.5. The molecule has 1 N–H and O–H groups in total. The average molecular weight is 493 g/mol. The summed E-state index contributed by atoms with van der Waals surface area (Å²) in [6.07, 6.45) is 2.56. The molecule has 0 aliphatic rings. The maximum Gasteiger partial charge on any atom is 0.263 e. The highest BCUT2D eigenvalue weighted by Crippen LogP contribution is 2.38. The molecule has 32 heavy (non-hydrogen) atoms. The SMILES string of the molecule is Cn1nccc1-c1cc(Cl)ccc1Oc1ccc(S(=O)(=O)Nc2ccc(F)cn2)cc1Cl. The number of nitrogens with zero attached hydrogens (tertiary/aromatic N) is 3. The van der Waals surface area contributed by atoms with Gasteiger partial charge < -0.3 is 4.74 Å². The van der Waals surface area contributed by atoms with Gasteiger partial charge in [-0.1, -0.05) is 23.2 Å². The van der Waals surface area contributed by atoms with Gasteiger partial charge in [0.25, 0.3) is 10.0 Å². The quantitative estimate of drug-likeness (QED) is 0.382. The molecule has 0 aliphatic heterocycles. The number of sulfonamides is 1. The summed E-state index contributed by atoms with van der Waals surface area (Å²) in [5.41, 5.74) is 1.46. The Labute approximate surface area is 193 Å². The van der Waals surface area contributed by atoms with E-state index in [1.54, 1.807) is 36.1 Å². The summed E-state index contributed by atoms with van der Waals surface area (Å²) in [5.74, 6) is 0.107. The highest BCUT2D eigenvalue weighted by molar-refractivity contribution is 7.92. The van der Waals surface area contributed by atoms with E-state index in [1.807, 2.05) is 6.07 Å². The number of halogens is 3. The summed E-state index contributed by atoms with van der Waals surface area (Å²) in [4.78, 5) is 3.58. The first-order chi connectivity index (χ1) is 15.2. The second-order valence-corrected chi connectivity index (χ2v) is 9.17. The lowest BCUT2D eigenvalue weighted by Crippen LogP contribution is -2.14. The zero-order chi connectivity index (χ0) is 22.9. The zero-order valence-corrected chi connectivity index (χ0v) is 18.8. The number of aromatic nitrogens is 3. The molecule has 2 aromatic heterocycles. The van der Waals surface area contributed by atoms with Gasteiger partial charge in [0.2, 0.25) is 0 Å². The third-order valence-corrected chi connectivity index (χ3v) is 6.32. The summed E-state index contributed by atoms with van der Waals surface area (Å²) in [5, 5.41) is 4.75. The van der Waals surface area contributed by atoms with Crippen LogP contribution in [0.25, 0.3) is 11.3 Å². The van der Waals surface area contributed by atoms with Gasteiger partial charge in [-0.2, -0.15) is 5.10 Å². The van der Waals surface area contributed by atoms with Crippen molar-refractivity contribution in [2.45, 2.75) is 4.90 Å². The van der Waals surface area contributed by atoms with E-state index in [2.05, 4.69) is 14.8 Å². The number of ether oxygens (including phenoxy) is 1. The lowest BCUT2D eigenvalue weighted by molar-refractivity contribution is 0.483. The predicted octanol–water partition coefficient (Wildman–Crippen LogP) is 5.52. The molecule has 2 heterocycles. The summed E-state index contributed by atoms with van der Waals surface area (Å²) < 4.78 is 48.2. The number of hydrogen-bond donors (Lipinski definition) is 1. The molecule has 0 bridgehead atoms. The van der Waals surface area contributed by atoms with Crippen LogP contribution in [0.2, 0.25) is 10.0 Å². The minimum absolute atomic E-state index is 0.0233. The fourth-order valence-electron chi connectivity index (χ4n) is 2.91. The first kappa shape index (κ1) is 22.1. The number of rotatable bonds is 6. The van der Waals surface area contributed by atoms with Crippen LogP contribution in [0.4, 0.5) is 10.2 Å².